The highest BCUT2D eigenvalue weighted by Gasteiger charge is 2.04. The van der Waals surface area contributed by atoms with Gasteiger partial charge in [-0.25, -0.2) is 0 Å². The molecule has 0 fully saturated rings. The second kappa shape index (κ2) is 3.90. The molecule has 0 N–H and O–H groups in total. The quantitative estimate of drug-likeness (QED) is 0.666. The molecular formula is C15H16. The molecule has 0 saturated heterocycles. The summed E-state index contributed by atoms with van der Waals surface area (Å²) >= 11 is 0. The zero-order chi connectivity index (χ0) is 10.8. The first-order valence-corrected chi connectivity index (χ1v) is 5.40. The van der Waals surface area contributed by atoms with Crippen LogP contribution in [0.2, 0.25) is 0 Å². The fourth-order valence-corrected chi connectivity index (χ4v) is 2.07. The van der Waals surface area contributed by atoms with E-state index in [-0.39, 0.29) is 0 Å². The minimum Gasteiger partial charge on any atom is -0.0955 e. The number of allylic oxidation sites excluding steroid dienone is 1. The first-order chi connectivity index (χ1) is 7.24. The molecule has 0 amide bonds. The van der Waals surface area contributed by atoms with Crippen molar-refractivity contribution < 1.29 is 0 Å². The number of hydrogen-bond acceptors (Lipinski definition) is 0. The van der Waals surface area contributed by atoms with Gasteiger partial charge in [0.25, 0.3) is 0 Å². The second-order valence-electron chi connectivity index (χ2n) is 3.95. The van der Waals surface area contributed by atoms with Gasteiger partial charge in [0.05, 0.1) is 0 Å². The van der Waals surface area contributed by atoms with E-state index < -0.39 is 0 Å². The van der Waals surface area contributed by atoms with Gasteiger partial charge in [0.2, 0.25) is 0 Å². The van der Waals surface area contributed by atoms with Crippen LogP contribution in [0.25, 0.3) is 16.3 Å². The molecule has 2 aromatic rings. The van der Waals surface area contributed by atoms with Gasteiger partial charge in [-0.2, -0.15) is 0 Å². The zero-order valence-corrected chi connectivity index (χ0v) is 9.38. The predicted octanol–water partition coefficient (Wildman–Crippen LogP) is 4.44. The summed E-state index contributed by atoms with van der Waals surface area (Å²) in [6.45, 7) is 8.32. The molecule has 0 bridgehead atoms. The van der Waals surface area contributed by atoms with Gasteiger partial charge in [-0.05, 0) is 35.2 Å². The first-order valence-electron chi connectivity index (χ1n) is 5.40. The lowest BCUT2D eigenvalue weighted by Gasteiger charge is -2.10. The number of benzene rings is 2. The van der Waals surface area contributed by atoms with Crippen LogP contribution >= 0.6 is 0 Å². The standard InChI is InChI=1S/C15H16/c1-4-12-7-5-8-13-9-6-10-14(11(2)3)15(12)13/h5-10H,2,4H2,1,3H3. The minimum absolute atomic E-state index is 1.07. The van der Waals surface area contributed by atoms with Gasteiger partial charge in [0.1, 0.15) is 0 Å². The second-order valence-corrected chi connectivity index (χ2v) is 3.95. The summed E-state index contributed by atoms with van der Waals surface area (Å²) in [5, 5.41) is 2.69. The molecule has 2 aromatic carbocycles. The fourth-order valence-electron chi connectivity index (χ4n) is 2.07. The van der Waals surface area contributed by atoms with Crippen LogP contribution in [0.1, 0.15) is 25.0 Å². The summed E-state index contributed by atoms with van der Waals surface area (Å²) in [5.41, 5.74) is 3.83. The lowest BCUT2D eigenvalue weighted by Crippen LogP contribution is -1.88. The molecule has 0 aliphatic heterocycles. The van der Waals surface area contributed by atoms with Crippen molar-refractivity contribution in [1.29, 1.82) is 0 Å². The third-order valence-corrected chi connectivity index (χ3v) is 2.83. The first kappa shape index (κ1) is 9.97. The Morgan fingerprint density at radius 3 is 2.40 bits per heavy atom. The molecule has 0 saturated carbocycles. The summed E-state index contributed by atoms with van der Waals surface area (Å²) in [6, 6.07) is 12.9. The molecule has 15 heavy (non-hydrogen) atoms. The highest BCUT2D eigenvalue weighted by atomic mass is 14.1. The third kappa shape index (κ3) is 1.68. The Morgan fingerprint density at radius 1 is 1.13 bits per heavy atom. The van der Waals surface area contributed by atoms with E-state index >= 15 is 0 Å². The van der Waals surface area contributed by atoms with E-state index in [0.717, 1.165) is 12.0 Å². The number of aryl methyl sites for hydroxylation is 1. The number of rotatable bonds is 2. The van der Waals surface area contributed by atoms with Crippen LogP contribution in [0, 0.1) is 0 Å². The van der Waals surface area contributed by atoms with Crippen LogP contribution in [0.5, 0.6) is 0 Å². The van der Waals surface area contributed by atoms with E-state index in [1.165, 1.54) is 21.9 Å². The monoisotopic (exact) mass is 196 g/mol. The van der Waals surface area contributed by atoms with E-state index in [1.54, 1.807) is 0 Å². The maximum absolute atomic E-state index is 4.05. The lowest BCUT2D eigenvalue weighted by molar-refractivity contribution is 1.16. The largest absolute Gasteiger partial charge is 0.0955 e. The maximum Gasteiger partial charge on any atom is -0.00770 e. The van der Waals surface area contributed by atoms with E-state index in [1.807, 2.05) is 0 Å². The van der Waals surface area contributed by atoms with Crippen molar-refractivity contribution >= 4 is 16.3 Å². The molecule has 0 spiro atoms. The van der Waals surface area contributed by atoms with E-state index in [4.69, 9.17) is 0 Å². The molecule has 0 radical (unpaired) electrons. The molecule has 0 heteroatoms. The Bertz CT molecular complexity index is 501. The predicted molar refractivity (Wildman–Crippen MR) is 68.0 cm³/mol. The Hall–Kier alpha value is -1.56. The number of hydrogen-bond donors (Lipinski definition) is 0. The molecule has 0 atom stereocenters. The smallest absolute Gasteiger partial charge is 0.00770 e. The summed E-state index contributed by atoms with van der Waals surface area (Å²) in [7, 11) is 0. The van der Waals surface area contributed by atoms with Crippen molar-refractivity contribution in [2.24, 2.45) is 0 Å². The molecule has 0 aliphatic carbocycles. The van der Waals surface area contributed by atoms with E-state index in [2.05, 4.69) is 56.8 Å². The van der Waals surface area contributed by atoms with Crippen LogP contribution < -0.4 is 0 Å². The van der Waals surface area contributed by atoms with Gasteiger partial charge < -0.3 is 0 Å². The minimum atomic E-state index is 1.07. The molecule has 2 rings (SSSR count). The summed E-state index contributed by atoms with van der Waals surface area (Å²) in [6.07, 6.45) is 1.07. The molecule has 0 heterocycles. The number of fused-ring (bicyclic) bond motifs is 1. The Morgan fingerprint density at radius 2 is 1.80 bits per heavy atom. The summed E-state index contributed by atoms with van der Waals surface area (Å²) in [4.78, 5) is 0. The average Bonchev–Trinajstić information content (AvgIpc) is 2.27. The SMILES string of the molecule is C=C(C)c1cccc2cccc(CC)c12. The molecule has 0 aromatic heterocycles. The van der Waals surface area contributed by atoms with Crippen LogP contribution in [-0.2, 0) is 6.42 Å². The molecule has 76 valence electrons. The Balaban J connectivity index is 2.87. The van der Waals surface area contributed by atoms with Gasteiger partial charge in [0.15, 0.2) is 0 Å². The van der Waals surface area contributed by atoms with Gasteiger partial charge >= 0.3 is 0 Å². The fraction of sp³-hybridized carbons (Fsp3) is 0.200. The van der Waals surface area contributed by atoms with Crippen LogP contribution in [0.3, 0.4) is 0 Å². The Kier molecular flexibility index (Phi) is 2.59. The summed E-state index contributed by atoms with van der Waals surface area (Å²) in [5.74, 6) is 0. The molecule has 0 aliphatic rings. The van der Waals surface area contributed by atoms with Gasteiger partial charge in [0, 0.05) is 0 Å². The average molecular weight is 196 g/mol. The normalized spacial score (nSPS) is 10.5. The third-order valence-electron chi connectivity index (χ3n) is 2.83. The molecule has 0 nitrogen and oxygen atoms in total. The van der Waals surface area contributed by atoms with Crippen LogP contribution in [0.15, 0.2) is 43.0 Å². The maximum atomic E-state index is 4.05. The summed E-state index contributed by atoms with van der Waals surface area (Å²) < 4.78 is 0. The molecule has 0 unspecified atom stereocenters. The van der Waals surface area contributed by atoms with Gasteiger partial charge in [-0.15, -0.1) is 0 Å². The van der Waals surface area contributed by atoms with Crippen molar-refractivity contribution in [3.8, 4) is 0 Å². The van der Waals surface area contributed by atoms with Crippen molar-refractivity contribution in [1.82, 2.24) is 0 Å². The van der Waals surface area contributed by atoms with E-state index in [9.17, 15) is 0 Å². The van der Waals surface area contributed by atoms with Crippen LogP contribution in [-0.4, -0.2) is 0 Å². The lowest BCUT2D eigenvalue weighted by atomic mass is 9.95. The van der Waals surface area contributed by atoms with E-state index in [0.29, 0.717) is 0 Å². The van der Waals surface area contributed by atoms with Crippen molar-refractivity contribution in [3.63, 3.8) is 0 Å². The topological polar surface area (TPSA) is 0 Å². The van der Waals surface area contributed by atoms with Crippen LogP contribution in [0.4, 0.5) is 0 Å². The molecular weight excluding hydrogens is 180 g/mol. The Labute approximate surface area is 91.2 Å². The van der Waals surface area contributed by atoms with Crippen molar-refractivity contribution in [2.45, 2.75) is 20.3 Å². The van der Waals surface area contributed by atoms with Gasteiger partial charge in [-0.1, -0.05) is 55.5 Å². The zero-order valence-electron chi connectivity index (χ0n) is 9.38. The highest BCUT2D eigenvalue weighted by molar-refractivity contribution is 5.95. The van der Waals surface area contributed by atoms with Crippen molar-refractivity contribution in [3.05, 3.63) is 54.1 Å². The highest BCUT2D eigenvalue weighted by Crippen LogP contribution is 2.27. The van der Waals surface area contributed by atoms with Crippen molar-refractivity contribution in [2.75, 3.05) is 0 Å². The van der Waals surface area contributed by atoms with Gasteiger partial charge in [-0.3, -0.25) is 0 Å².